The highest BCUT2D eigenvalue weighted by atomic mass is 16.1. The van der Waals surface area contributed by atoms with Crippen LogP contribution < -0.4 is 5.69 Å². The molecule has 16 heavy (non-hydrogen) atoms. The maximum atomic E-state index is 11.6. The molecule has 0 saturated carbocycles. The van der Waals surface area contributed by atoms with Crippen LogP contribution in [0.1, 0.15) is 0 Å². The molecule has 0 aliphatic rings. The van der Waals surface area contributed by atoms with E-state index in [0.717, 1.165) is 16.6 Å². The minimum atomic E-state index is -0.142. The van der Waals surface area contributed by atoms with Crippen molar-refractivity contribution in [3.05, 3.63) is 59.4 Å². The van der Waals surface area contributed by atoms with E-state index in [1.807, 2.05) is 30.3 Å². The van der Waals surface area contributed by atoms with E-state index in [0.29, 0.717) is 0 Å². The number of imidazole rings is 1. The smallest absolute Gasteiger partial charge is 0.312 e. The van der Waals surface area contributed by atoms with Crippen LogP contribution in [0.25, 0.3) is 16.6 Å². The van der Waals surface area contributed by atoms with E-state index >= 15 is 0 Å². The average molecular weight is 211 g/mol. The number of benzene rings is 1. The van der Waals surface area contributed by atoms with Crippen LogP contribution in [0.4, 0.5) is 0 Å². The van der Waals surface area contributed by atoms with E-state index in [4.69, 9.17) is 0 Å². The number of hydrogen-bond acceptors (Lipinski definition) is 2. The maximum Gasteiger partial charge on any atom is 0.330 e. The molecule has 0 bridgehead atoms. The second-order valence-electron chi connectivity index (χ2n) is 3.48. The van der Waals surface area contributed by atoms with Gasteiger partial charge in [-0.3, -0.25) is 9.55 Å². The molecule has 0 aliphatic heterocycles. The molecule has 0 spiro atoms. The molecule has 78 valence electrons. The number of nitrogens with one attached hydrogen (secondary N) is 1. The summed E-state index contributed by atoms with van der Waals surface area (Å²) in [5.74, 6) is 0. The van der Waals surface area contributed by atoms with Gasteiger partial charge in [0.25, 0.3) is 0 Å². The van der Waals surface area contributed by atoms with Crippen LogP contribution in [-0.4, -0.2) is 14.5 Å². The monoisotopic (exact) mass is 211 g/mol. The standard InChI is InChI=1S/C12H9N3O/c16-12-14-7-8-15(12)11-5-1-4-10-9(11)3-2-6-13-10/h1-8H,(H,14,16). The van der Waals surface area contributed by atoms with Gasteiger partial charge < -0.3 is 4.98 Å². The summed E-state index contributed by atoms with van der Waals surface area (Å²) in [6.07, 6.45) is 5.08. The van der Waals surface area contributed by atoms with Gasteiger partial charge in [-0.2, -0.15) is 0 Å². The van der Waals surface area contributed by atoms with E-state index < -0.39 is 0 Å². The number of nitrogens with zero attached hydrogens (tertiary/aromatic N) is 2. The molecule has 0 fully saturated rings. The summed E-state index contributed by atoms with van der Waals surface area (Å²) in [6, 6.07) is 9.54. The van der Waals surface area contributed by atoms with Gasteiger partial charge in [-0.15, -0.1) is 0 Å². The zero-order chi connectivity index (χ0) is 11.0. The average Bonchev–Trinajstić information content (AvgIpc) is 2.75. The van der Waals surface area contributed by atoms with Crippen molar-refractivity contribution in [3.8, 4) is 5.69 Å². The van der Waals surface area contributed by atoms with Crippen molar-refractivity contribution in [1.82, 2.24) is 14.5 Å². The highest BCUT2D eigenvalue weighted by molar-refractivity contribution is 5.86. The van der Waals surface area contributed by atoms with Crippen LogP contribution in [0.2, 0.25) is 0 Å². The molecule has 0 atom stereocenters. The minimum absolute atomic E-state index is 0.142. The van der Waals surface area contributed by atoms with Gasteiger partial charge >= 0.3 is 5.69 Å². The molecular formula is C12H9N3O. The van der Waals surface area contributed by atoms with Crippen molar-refractivity contribution in [2.24, 2.45) is 0 Å². The molecule has 2 heterocycles. The molecule has 4 nitrogen and oxygen atoms in total. The highest BCUT2D eigenvalue weighted by Crippen LogP contribution is 2.18. The number of hydrogen-bond donors (Lipinski definition) is 1. The van der Waals surface area contributed by atoms with Crippen LogP contribution in [-0.2, 0) is 0 Å². The van der Waals surface area contributed by atoms with E-state index in [9.17, 15) is 4.79 Å². The molecular weight excluding hydrogens is 202 g/mol. The first-order valence-electron chi connectivity index (χ1n) is 4.96. The quantitative estimate of drug-likeness (QED) is 0.666. The van der Waals surface area contributed by atoms with Crippen LogP contribution in [0.3, 0.4) is 0 Å². The summed E-state index contributed by atoms with van der Waals surface area (Å²) in [5.41, 5.74) is 1.58. The molecule has 1 aromatic carbocycles. The zero-order valence-corrected chi connectivity index (χ0v) is 8.42. The first-order chi connectivity index (χ1) is 7.86. The van der Waals surface area contributed by atoms with Crippen LogP contribution in [0.15, 0.2) is 53.7 Å². The number of aromatic amines is 1. The van der Waals surface area contributed by atoms with Crippen molar-refractivity contribution in [2.75, 3.05) is 0 Å². The summed E-state index contributed by atoms with van der Waals surface area (Å²) in [5, 5.41) is 0.965. The van der Waals surface area contributed by atoms with Gasteiger partial charge in [0.1, 0.15) is 0 Å². The van der Waals surface area contributed by atoms with E-state index in [1.54, 1.807) is 23.2 Å². The van der Waals surface area contributed by atoms with Gasteiger partial charge in [0.2, 0.25) is 0 Å². The van der Waals surface area contributed by atoms with E-state index in [1.165, 1.54) is 0 Å². The first-order valence-corrected chi connectivity index (χ1v) is 4.96. The van der Waals surface area contributed by atoms with Crippen LogP contribution in [0, 0.1) is 0 Å². The zero-order valence-electron chi connectivity index (χ0n) is 8.42. The molecule has 3 rings (SSSR count). The van der Waals surface area contributed by atoms with E-state index in [2.05, 4.69) is 9.97 Å². The minimum Gasteiger partial charge on any atom is -0.312 e. The molecule has 2 aromatic heterocycles. The number of pyridine rings is 1. The summed E-state index contributed by atoms with van der Waals surface area (Å²) >= 11 is 0. The van der Waals surface area contributed by atoms with Crippen molar-refractivity contribution in [1.29, 1.82) is 0 Å². The Bertz CT molecular complexity index is 691. The molecule has 0 amide bonds. The Labute approximate surface area is 91.2 Å². The third-order valence-electron chi connectivity index (χ3n) is 2.53. The molecule has 0 unspecified atom stereocenters. The summed E-state index contributed by atoms with van der Waals surface area (Å²) < 4.78 is 1.57. The number of fused-ring (bicyclic) bond motifs is 1. The fraction of sp³-hybridized carbons (Fsp3) is 0. The summed E-state index contributed by atoms with van der Waals surface area (Å²) in [6.45, 7) is 0. The SMILES string of the molecule is O=c1[nH]ccn1-c1cccc2ncccc12. The van der Waals surface area contributed by atoms with Crippen molar-refractivity contribution >= 4 is 10.9 Å². The predicted octanol–water partition coefficient (Wildman–Crippen LogP) is 1.71. The second kappa shape index (κ2) is 3.34. The Morgan fingerprint density at radius 1 is 1.19 bits per heavy atom. The lowest BCUT2D eigenvalue weighted by Gasteiger charge is -2.04. The first kappa shape index (κ1) is 8.91. The molecule has 0 radical (unpaired) electrons. The van der Waals surface area contributed by atoms with Gasteiger partial charge in [-0.1, -0.05) is 6.07 Å². The highest BCUT2D eigenvalue weighted by Gasteiger charge is 2.04. The molecule has 4 heteroatoms. The Kier molecular flexibility index (Phi) is 1.86. The Balaban J connectivity index is 2.41. The third-order valence-corrected chi connectivity index (χ3v) is 2.53. The fourth-order valence-electron chi connectivity index (χ4n) is 1.81. The van der Waals surface area contributed by atoms with Crippen LogP contribution >= 0.6 is 0 Å². The third kappa shape index (κ3) is 1.24. The molecule has 0 saturated heterocycles. The molecule has 0 aliphatic carbocycles. The number of rotatable bonds is 1. The molecule has 1 N–H and O–H groups in total. The Hall–Kier alpha value is -2.36. The topological polar surface area (TPSA) is 50.7 Å². The van der Waals surface area contributed by atoms with Gasteiger partial charge in [-0.05, 0) is 24.3 Å². The van der Waals surface area contributed by atoms with Gasteiger partial charge in [0.15, 0.2) is 0 Å². The summed E-state index contributed by atoms with van der Waals surface area (Å²) in [7, 11) is 0. The maximum absolute atomic E-state index is 11.6. The van der Waals surface area contributed by atoms with Gasteiger partial charge in [0.05, 0.1) is 11.2 Å². The predicted molar refractivity (Wildman–Crippen MR) is 61.7 cm³/mol. The Morgan fingerprint density at radius 2 is 2.12 bits per heavy atom. The van der Waals surface area contributed by atoms with E-state index in [-0.39, 0.29) is 5.69 Å². The lowest BCUT2D eigenvalue weighted by Crippen LogP contribution is -2.14. The van der Waals surface area contributed by atoms with Crippen molar-refractivity contribution in [2.45, 2.75) is 0 Å². The largest absolute Gasteiger partial charge is 0.330 e. The second-order valence-corrected chi connectivity index (χ2v) is 3.48. The number of H-pyrrole nitrogens is 1. The number of aromatic nitrogens is 3. The lowest BCUT2D eigenvalue weighted by molar-refractivity contribution is 0.996. The van der Waals surface area contributed by atoms with Crippen LogP contribution in [0.5, 0.6) is 0 Å². The molecule has 3 aromatic rings. The van der Waals surface area contributed by atoms with Gasteiger partial charge in [-0.25, -0.2) is 4.79 Å². The normalized spacial score (nSPS) is 10.8. The summed E-state index contributed by atoms with van der Waals surface area (Å²) in [4.78, 5) is 18.4. The fourth-order valence-corrected chi connectivity index (χ4v) is 1.81. The van der Waals surface area contributed by atoms with Crippen molar-refractivity contribution < 1.29 is 0 Å². The lowest BCUT2D eigenvalue weighted by atomic mass is 10.2. The Morgan fingerprint density at radius 3 is 2.94 bits per heavy atom. The van der Waals surface area contributed by atoms with Crippen molar-refractivity contribution in [3.63, 3.8) is 0 Å². The van der Waals surface area contributed by atoms with Gasteiger partial charge in [0, 0.05) is 24.0 Å².